The molecule has 0 saturated carbocycles. The van der Waals surface area contributed by atoms with Crippen molar-refractivity contribution in [2.24, 2.45) is 5.73 Å². The Balaban J connectivity index is 1.58. The summed E-state index contributed by atoms with van der Waals surface area (Å²) in [6, 6.07) is 12.4. The standard InChI is InChI=1S/C21H25N5O3/c22-12-19(27)23-13-20(28)24-15-7-4-8-16(11-15)25-21(29)26-18-10-3-6-14-5-1-2-9-17(14)18/h3-4,6-8,10-11H,1-2,5,9,12-13,22H2,(H,23,27)(H,24,28)(H2,25,26,29). The third-order valence-electron chi connectivity index (χ3n) is 4.68. The van der Waals surface area contributed by atoms with Crippen molar-refractivity contribution in [2.45, 2.75) is 25.7 Å². The number of aryl methyl sites for hydroxylation is 1. The maximum atomic E-state index is 12.4. The molecule has 0 spiro atoms. The number of rotatable bonds is 6. The molecule has 0 heterocycles. The van der Waals surface area contributed by atoms with Gasteiger partial charge in [0.25, 0.3) is 0 Å². The van der Waals surface area contributed by atoms with Crippen molar-refractivity contribution < 1.29 is 14.4 Å². The number of hydrogen-bond donors (Lipinski definition) is 5. The molecule has 2 aromatic rings. The molecular formula is C21H25N5O3. The van der Waals surface area contributed by atoms with Gasteiger partial charge < -0.3 is 27.0 Å². The number of carbonyl (C=O) groups is 3. The molecular weight excluding hydrogens is 370 g/mol. The van der Waals surface area contributed by atoms with Gasteiger partial charge in [0.2, 0.25) is 11.8 Å². The molecule has 6 N–H and O–H groups in total. The predicted octanol–water partition coefficient (Wildman–Crippen LogP) is 2.22. The highest BCUT2D eigenvalue weighted by atomic mass is 16.2. The molecule has 8 heteroatoms. The van der Waals surface area contributed by atoms with E-state index in [9.17, 15) is 14.4 Å². The van der Waals surface area contributed by atoms with E-state index in [0.29, 0.717) is 11.4 Å². The molecule has 0 bridgehead atoms. The van der Waals surface area contributed by atoms with E-state index >= 15 is 0 Å². The van der Waals surface area contributed by atoms with Crippen molar-refractivity contribution in [3.8, 4) is 0 Å². The zero-order valence-corrected chi connectivity index (χ0v) is 16.1. The van der Waals surface area contributed by atoms with Gasteiger partial charge in [-0.3, -0.25) is 9.59 Å². The van der Waals surface area contributed by atoms with Gasteiger partial charge in [-0.25, -0.2) is 4.79 Å². The van der Waals surface area contributed by atoms with Crippen LogP contribution < -0.4 is 27.0 Å². The van der Waals surface area contributed by atoms with Crippen LogP contribution >= 0.6 is 0 Å². The average molecular weight is 395 g/mol. The zero-order valence-electron chi connectivity index (χ0n) is 16.1. The smallest absolute Gasteiger partial charge is 0.323 e. The number of urea groups is 1. The molecule has 0 fully saturated rings. The first kappa shape index (κ1) is 20.3. The van der Waals surface area contributed by atoms with Crippen LogP contribution in [-0.4, -0.2) is 30.9 Å². The van der Waals surface area contributed by atoms with Gasteiger partial charge in [0.15, 0.2) is 0 Å². The third kappa shape index (κ3) is 5.79. The Labute approximate surface area is 169 Å². The Bertz CT molecular complexity index is 913. The van der Waals surface area contributed by atoms with Crippen molar-refractivity contribution in [3.05, 3.63) is 53.6 Å². The number of anilines is 3. The van der Waals surface area contributed by atoms with Crippen molar-refractivity contribution in [1.82, 2.24) is 5.32 Å². The number of nitrogens with one attached hydrogen (secondary N) is 4. The summed E-state index contributed by atoms with van der Waals surface area (Å²) < 4.78 is 0. The fraction of sp³-hybridized carbons (Fsp3) is 0.286. The quantitative estimate of drug-likeness (QED) is 0.514. The summed E-state index contributed by atoms with van der Waals surface area (Å²) in [7, 11) is 0. The Hall–Kier alpha value is -3.39. The fourth-order valence-electron chi connectivity index (χ4n) is 3.31. The minimum Gasteiger partial charge on any atom is -0.346 e. The van der Waals surface area contributed by atoms with Crippen molar-refractivity contribution in [2.75, 3.05) is 29.0 Å². The van der Waals surface area contributed by atoms with Gasteiger partial charge in [-0.1, -0.05) is 18.2 Å². The van der Waals surface area contributed by atoms with E-state index in [-0.39, 0.29) is 25.0 Å². The Kier molecular flexibility index (Phi) is 6.80. The molecule has 0 aromatic heterocycles. The van der Waals surface area contributed by atoms with Crippen LogP contribution in [0.4, 0.5) is 21.9 Å². The van der Waals surface area contributed by atoms with Gasteiger partial charge in [-0.15, -0.1) is 0 Å². The molecule has 3 rings (SSSR count). The maximum Gasteiger partial charge on any atom is 0.323 e. The number of fused-ring (bicyclic) bond motifs is 1. The minimum absolute atomic E-state index is 0.173. The van der Waals surface area contributed by atoms with Crippen LogP contribution in [0.2, 0.25) is 0 Å². The molecule has 29 heavy (non-hydrogen) atoms. The van der Waals surface area contributed by atoms with E-state index in [4.69, 9.17) is 5.73 Å². The van der Waals surface area contributed by atoms with Crippen molar-refractivity contribution in [1.29, 1.82) is 0 Å². The second-order valence-electron chi connectivity index (χ2n) is 6.84. The number of amides is 4. The fourth-order valence-corrected chi connectivity index (χ4v) is 3.31. The number of benzene rings is 2. The topological polar surface area (TPSA) is 125 Å². The largest absolute Gasteiger partial charge is 0.346 e. The molecule has 152 valence electrons. The van der Waals surface area contributed by atoms with Crippen molar-refractivity contribution in [3.63, 3.8) is 0 Å². The van der Waals surface area contributed by atoms with Crippen LogP contribution in [0.25, 0.3) is 0 Å². The first-order valence-corrected chi connectivity index (χ1v) is 9.60. The van der Waals surface area contributed by atoms with E-state index in [1.807, 2.05) is 12.1 Å². The normalized spacial score (nSPS) is 12.4. The predicted molar refractivity (Wildman–Crippen MR) is 113 cm³/mol. The van der Waals surface area contributed by atoms with E-state index in [1.54, 1.807) is 24.3 Å². The number of carbonyl (C=O) groups excluding carboxylic acids is 3. The molecule has 0 aliphatic heterocycles. The molecule has 0 saturated heterocycles. The summed E-state index contributed by atoms with van der Waals surface area (Å²) >= 11 is 0. The first-order valence-electron chi connectivity index (χ1n) is 9.60. The van der Waals surface area contributed by atoms with Crippen LogP contribution in [0.1, 0.15) is 24.0 Å². The lowest BCUT2D eigenvalue weighted by Gasteiger charge is -2.19. The second kappa shape index (κ2) is 9.70. The van der Waals surface area contributed by atoms with Crippen LogP contribution in [0.5, 0.6) is 0 Å². The first-order chi connectivity index (χ1) is 14.0. The van der Waals surface area contributed by atoms with Crippen LogP contribution in [0, 0.1) is 0 Å². The van der Waals surface area contributed by atoms with Gasteiger partial charge in [-0.2, -0.15) is 0 Å². The van der Waals surface area contributed by atoms with E-state index in [0.717, 1.165) is 24.9 Å². The summed E-state index contributed by atoms with van der Waals surface area (Å²) in [5.74, 6) is -0.792. The van der Waals surface area contributed by atoms with Crippen LogP contribution in [0.3, 0.4) is 0 Å². The Morgan fingerprint density at radius 3 is 2.38 bits per heavy atom. The summed E-state index contributed by atoms with van der Waals surface area (Å²) in [6.45, 7) is -0.348. The lowest BCUT2D eigenvalue weighted by atomic mass is 9.90. The molecule has 0 atom stereocenters. The molecule has 1 aliphatic carbocycles. The van der Waals surface area contributed by atoms with Gasteiger partial charge in [0.05, 0.1) is 13.1 Å². The SMILES string of the molecule is NCC(=O)NCC(=O)Nc1cccc(NC(=O)Nc2cccc3c2CCCC3)c1. The zero-order chi connectivity index (χ0) is 20.6. The number of nitrogens with two attached hydrogens (primary N) is 1. The average Bonchev–Trinajstić information content (AvgIpc) is 2.72. The van der Waals surface area contributed by atoms with Gasteiger partial charge in [0.1, 0.15) is 0 Å². The van der Waals surface area contributed by atoms with E-state index in [1.165, 1.54) is 17.5 Å². The van der Waals surface area contributed by atoms with Crippen molar-refractivity contribution >= 4 is 34.9 Å². The Morgan fingerprint density at radius 2 is 1.59 bits per heavy atom. The monoisotopic (exact) mass is 395 g/mol. The minimum atomic E-state index is -0.407. The third-order valence-corrected chi connectivity index (χ3v) is 4.68. The highest BCUT2D eigenvalue weighted by Gasteiger charge is 2.14. The van der Waals surface area contributed by atoms with Gasteiger partial charge in [-0.05, 0) is 61.1 Å². The van der Waals surface area contributed by atoms with E-state index in [2.05, 4.69) is 27.3 Å². The highest BCUT2D eigenvalue weighted by Crippen LogP contribution is 2.28. The second-order valence-corrected chi connectivity index (χ2v) is 6.84. The highest BCUT2D eigenvalue weighted by molar-refractivity contribution is 6.01. The van der Waals surface area contributed by atoms with E-state index < -0.39 is 5.91 Å². The molecule has 8 nitrogen and oxygen atoms in total. The van der Waals surface area contributed by atoms with Gasteiger partial charge >= 0.3 is 6.03 Å². The lowest BCUT2D eigenvalue weighted by molar-refractivity contribution is -0.123. The molecule has 2 aromatic carbocycles. The lowest BCUT2D eigenvalue weighted by Crippen LogP contribution is -2.36. The summed E-state index contributed by atoms with van der Waals surface area (Å²) in [5.41, 5.74) is 9.55. The Morgan fingerprint density at radius 1 is 0.862 bits per heavy atom. The molecule has 0 unspecified atom stereocenters. The molecule has 1 aliphatic rings. The van der Waals surface area contributed by atoms with Gasteiger partial charge in [0, 0.05) is 17.1 Å². The summed E-state index contributed by atoms with van der Waals surface area (Å²) in [5, 5.41) is 10.8. The molecule has 0 radical (unpaired) electrons. The van der Waals surface area contributed by atoms with Crippen LogP contribution in [0.15, 0.2) is 42.5 Å². The molecule has 4 amide bonds. The summed E-state index contributed by atoms with van der Waals surface area (Å²) in [6.07, 6.45) is 4.31. The summed E-state index contributed by atoms with van der Waals surface area (Å²) in [4.78, 5) is 35.4. The maximum absolute atomic E-state index is 12.4. The number of hydrogen-bond acceptors (Lipinski definition) is 4. The van der Waals surface area contributed by atoms with Crippen LogP contribution in [-0.2, 0) is 22.4 Å².